The van der Waals surface area contributed by atoms with E-state index in [4.69, 9.17) is 4.98 Å². The van der Waals surface area contributed by atoms with Crippen LogP contribution in [0.15, 0.2) is 145 Å². The number of anilines is 8. The lowest BCUT2D eigenvalue weighted by atomic mass is 9.65. The van der Waals surface area contributed by atoms with Gasteiger partial charge in [0, 0.05) is 39.8 Å². The number of allylic oxidation sites excluding steroid dienone is 1. The van der Waals surface area contributed by atoms with Crippen LogP contribution in [-0.2, 0) is 18.3 Å². The van der Waals surface area contributed by atoms with Crippen LogP contribution in [0.2, 0.25) is 0 Å². The topological polar surface area (TPSA) is 25.9 Å². The molecule has 5 nitrogen and oxygen atoms in total. The van der Waals surface area contributed by atoms with Crippen LogP contribution in [0.5, 0.6) is 0 Å². The summed E-state index contributed by atoms with van der Waals surface area (Å²) in [7, 11) is 0. The average molecular weight is 604 g/mol. The van der Waals surface area contributed by atoms with Gasteiger partial charge in [-0.05, 0) is 95.8 Å². The van der Waals surface area contributed by atoms with E-state index in [0.717, 1.165) is 24.3 Å². The zero-order chi connectivity index (χ0) is 30.4. The van der Waals surface area contributed by atoms with Crippen molar-refractivity contribution in [3.8, 4) is 0 Å². The third-order valence-corrected chi connectivity index (χ3v) is 11.5. The van der Waals surface area contributed by atoms with Crippen molar-refractivity contribution in [1.82, 2.24) is 4.98 Å². The lowest BCUT2D eigenvalue weighted by Gasteiger charge is -2.48. The summed E-state index contributed by atoms with van der Waals surface area (Å²) in [5.74, 6) is 1.02. The highest BCUT2D eigenvalue weighted by molar-refractivity contribution is 6.04. The number of pyridine rings is 1. The maximum atomic E-state index is 5.16. The Labute approximate surface area is 273 Å². The number of nitrogens with zero attached hydrogens (tertiary/aromatic N) is 5. The fourth-order valence-corrected chi connectivity index (χ4v) is 9.89. The summed E-state index contributed by atoms with van der Waals surface area (Å²) < 4.78 is 0. The number of fused-ring (bicyclic) bond motifs is 11. The number of benzene rings is 5. The Morgan fingerprint density at radius 2 is 1.15 bits per heavy atom. The van der Waals surface area contributed by atoms with E-state index < -0.39 is 0 Å². The Kier molecular flexibility index (Phi) is 4.32. The summed E-state index contributed by atoms with van der Waals surface area (Å²) in [5.41, 5.74) is 16.8. The Balaban J connectivity index is 1.29. The molecule has 0 amide bonds. The molecule has 0 fully saturated rings. The van der Waals surface area contributed by atoms with Gasteiger partial charge in [-0.15, -0.1) is 0 Å². The molecule has 0 saturated carbocycles. The second-order valence-electron chi connectivity index (χ2n) is 13.7. The van der Waals surface area contributed by atoms with Gasteiger partial charge >= 0.3 is 0 Å². The van der Waals surface area contributed by atoms with Crippen molar-refractivity contribution in [2.75, 3.05) is 19.6 Å². The second kappa shape index (κ2) is 8.31. The van der Waals surface area contributed by atoms with E-state index in [0.29, 0.717) is 0 Å². The molecule has 5 aromatic carbocycles. The molecule has 222 valence electrons. The fraction of sp³-hybridized carbons (Fsp3) is 0.119. The molecule has 0 N–H and O–H groups in total. The Bertz CT molecular complexity index is 2350. The molecular weight excluding hydrogens is 574 g/mol. The normalized spacial score (nSPS) is 23.0. The molecule has 1 aliphatic carbocycles. The van der Waals surface area contributed by atoms with Gasteiger partial charge in [-0.25, -0.2) is 4.98 Å². The summed E-state index contributed by atoms with van der Waals surface area (Å²) in [6.07, 6.45) is 3.69. The number of hydrogen-bond donors (Lipinski definition) is 0. The number of aromatic nitrogens is 1. The number of para-hydroxylation sites is 4. The van der Waals surface area contributed by atoms with Gasteiger partial charge < -0.3 is 14.7 Å². The standard InChI is InChI=1S/C42H29N5/c1-2-9-28(10-3-1)44-34-13-6-7-14-35(34)46-32-12-5-4-11-30(32)38-37(40(44)46)41-45-29-19-16-26(17-20-29)24-42(38)25-27-18-21-33(31(42)23-27)47(41)39-36(45)15-8-22-43-39/h1-23,40-41H,24-25H2. The summed E-state index contributed by atoms with van der Waals surface area (Å²) in [6.45, 7) is 0. The first-order valence-corrected chi connectivity index (χ1v) is 16.6. The van der Waals surface area contributed by atoms with Gasteiger partial charge in [0.1, 0.15) is 12.3 Å². The van der Waals surface area contributed by atoms with E-state index in [1.165, 1.54) is 67.5 Å². The highest BCUT2D eigenvalue weighted by Gasteiger charge is 2.59. The van der Waals surface area contributed by atoms with Crippen molar-refractivity contribution in [1.29, 1.82) is 0 Å². The summed E-state index contributed by atoms with van der Waals surface area (Å²) in [6, 6.07) is 50.2. The molecule has 0 radical (unpaired) electrons. The first-order chi connectivity index (χ1) is 23.3. The van der Waals surface area contributed by atoms with Gasteiger partial charge in [0.15, 0.2) is 5.82 Å². The third-order valence-electron chi connectivity index (χ3n) is 11.5. The van der Waals surface area contributed by atoms with Gasteiger partial charge in [0.05, 0.1) is 22.7 Å². The lowest BCUT2D eigenvalue weighted by Crippen LogP contribution is -2.53. The molecule has 6 aliphatic heterocycles. The quantitative estimate of drug-likeness (QED) is 0.187. The Morgan fingerprint density at radius 1 is 0.511 bits per heavy atom. The predicted octanol–water partition coefficient (Wildman–Crippen LogP) is 9.14. The van der Waals surface area contributed by atoms with Gasteiger partial charge in [-0.1, -0.05) is 72.8 Å². The number of hydrogen-bond acceptors (Lipinski definition) is 5. The lowest BCUT2D eigenvalue weighted by molar-refractivity contribution is 0.558. The molecular formula is C42H29N5. The van der Waals surface area contributed by atoms with Gasteiger partial charge in [-0.2, -0.15) is 0 Å². The monoisotopic (exact) mass is 603 g/mol. The summed E-state index contributed by atoms with van der Waals surface area (Å²) in [5, 5.41) is 0. The van der Waals surface area contributed by atoms with Crippen LogP contribution < -0.4 is 19.6 Å². The number of rotatable bonds is 1. The van der Waals surface area contributed by atoms with Crippen LogP contribution in [0.3, 0.4) is 0 Å². The molecule has 6 bridgehead atoms. The van der Waals surface area contributed by atoms with Crippen molar-refractivity contribution in [3.05, 3.63) is 167 Å². The Hall–Kier alpha value is -5.81. The van der Waals surface area contributed by atoms with E-state index in [9.17, 15) is 0 Å². The van der Waals surface area contributed by atoms with E-state index in [1.807, 2.05) is 6.20 Å². The summed E-state index contributed by atoms with van der Waals surface area (Å²) >= 11 is 0. The van der Waals surface area contributed by atoms with E-state index in [2.05, 4.69) is 153 Å². The molecule has 6 aromatic rings. The van der Waals surface area contributed by atoms with E-state index >= 15 is 0 Å². The molecule has 3 atom stereocenters. The van der Waals surface area contributed by atoms with Crippen molar-refractivity contribution in [3.63, 3.8) is 0 Å². The second-order valence-corrected chi connectivity index (χ2v) is 13.7. The molecule has 47 heavy (non-hydrogen) atoms. The largest absolute Gasteiger partial charge is 0.314 e. The van der Waals surface area contributed by atoms with Gasteiger partial charge in [-0.3, -0.25) is 4.90 Å². The highest BCUT2D eigenvalue weighted by atomic mass is 15.5. The van der Waals surface area contributed by atoms with Crippen LogP contribution in [0.25, 0.3) is 5.57 Å². The minimum atomic E-state index is -0.230. The van der Waals surface area contributed by atoms with Gasteiger partial charge in [0.25, 0.3) is 0 Å². The molecule has 13 rings (SSSR count). The molecule has 0 saturated heterocycles. The first-order valence-electron chi connectivity index (χ1n) is 16.6. The first kappa shape index (κ1) is 24.4. The maximum absolute atomic E-state index is 5.16. The maximum Gasteiger partial charge on any atom is 0.159 e. The molecule has 5 heteroatoms. The van der Waals surface area contributed by atoms with Gasteiger partial charge in [0.2, 0.25) is 0 Å². The molecule has 1 aromatic heterocycles. The van der Waals surface area contributed by atoms with Crippen molar-refractivity contribution < 1.29 is 0 Å². The zero-order valence-electron chi connectivity index (χ0n) is 25.6. The van der Waals surface area contributed by atoms with E-state index in [1.54, 1.807) is 0 Å². The van der Waals surface area contributed by atoms with Crippen LogP contribution in [0, 0.1) is 0 Å². The smallest absolute Gasteiger partial charge is 0.159 e. The van der Waals surface area contributed by atoms with Crippen LogP contribution in [0.1, 0.15) is 22.3 Å². The molecule has 1 spiro atoms. The van der Waals surface area contributed by atoms with Crippen LogP contribution in [0.4, 0.5) is 45.6 Å². The zero-order valence-corrected chi connectivity index (χ0v) is 25.6. The SMILES string of the molecule is c1ccc(N2c3ccccc3N3c4ccccc4C4=C(C23)C2N3c5ccc(cc5)CC45Cc4ccc(c5c4)N2c2ncccc23)cc1. The predicted molar refractivity (Wildman–Crippen MR) is 189 cm³/mol. The van der Waals surface area contributed by atoms with Crippen molar-refractivity contribution in [2.24, 2.45) is 0 Å². The molecule has 7 heterocycles. The average Bonchev–Trinajstić information content (AvgIpc) is 3.72. The highest BCUT2D eigenvalue weighted by Crippen LogP contribution is 2.66. The van der Waals surface area contributed by atoms with Crippen LogP contribution in [-0.4, -0.2) is 17.3 Å². The minimum absolute atomic E-state index is 0.0783. The van der Waals surface area contributed by atoms with Crippen molar-refractivity contribution >= 4 is 51.2 Å². The minimum Gasteiger partial charge on any atom is -0.314 e. The van der Waals surface area contributed by atoms with Crippen molar-refractivity contribution in [2.45, 2.75) is 30.6 Å². The van der Waals surface area contributed by atoms with E-state index in [-0.39, 0.29) is 17.7 Å². The molecule has 3 unspecified atom stereocenters. The summed E-state index contributed by atoms with van der Waals surface area (Å²) in [4.78, 5) is 15.5. The van der Waals surface area contributed by atoms with Crippen LogP contribution >= 0.6 is 0 Å². The fourth-order valence-electron chi connectivity index (χ4n) is 9.89. The third kappa shape index (κ3) is 2.82. The Morgan fingerprint density at radius 3 is 2.00 bits per heavy atom. The molecule has 7 aliphatic rings.